The first-order valence-corrected chi connectivity index (χ1v) is 12.9. The molecule has 4 atom stereocenters. The van der Waals surface area contributed by atoms with E-state index in [1.54, 1.807) is 53.8 Å². The van der Waals surface area contributed by atoms with Gasteiger partial charge in [-0.25, -0.2) is 4.79 Å². The molecule has 0 bridgehead atoms. The molecule has 0 aromatic heterocycles. The first-order chi connectivity index (χ1) is 17.0. The van der Waals surface area contributed by atoms with Crippen LogP contribution in [0.1, 0.15) is 40.0 Å². The summed E-state index contributed by atoms with van der Waals surface area (Å²) in [5.41, 5.74) is 0.895. The number of halogens is 2. The first kappa shape index (κ1) is 31.5. The Hall–Kier alpha value is -2.55. The van der Waals surface area contributed by atoms with Crippen molar-refractivity contribution in [2.75, 3.05) is 7.11 Å². The molecule has 0 saturated heterocycles. The normalized spacial score (nSPS) is 19.0. The van der Waals surface area contributed by atoms with Crippen LogP contribution in [0.4, 0.5) is 0 Å². The van der Waals surface area contributed by atoms with Gasteiger partial charge >= 0.3 is 5.97 Å². The molecule has 2 amide bonds. The molecule has 0 aliphatic carbocycles. The highest BCUT2D eigenvalue weighted by Gasteiger charge is 2.26. The van der Waals surface area contributed by atoms with Crippen molar-refractivity contribution >= 4 is 52.0 Å². The van der Waals surface area contributed by atoms with Gasteiger partial charge in [-0.15, -0.1) is 0 Å². The smallest absolute Gasteiger partial charge is 0.373 e. The maximum atomic E-state index is 12.1. The molecule has 10 heteroatoms. The Bertz CT molecular complexity index is 1000. The van der Waals surface area contributed by atoms with E-state index in [2.05, 4.69) is 22.5 Å². The monoisotopic (exact) mass is 630 g/mol. The molecular formula is C26H32ClIN2O6. The zero-order chi connectivity index (χ0) is 27.1. The lowest BCUT2D eigenvalue weighted by Crippen LogP contribution is -2.40. The lowest BCUT2D eigenvalue weighted by molar-refractivity contribution is -0.151. The van der Waals surface area contributed by atoms with Crippen molar-refractivity contribution in [1.29, 1.82) is 0 Å². The van der Waals surface area contributed by atoms with E-state index in [0.29, 0.717) is 24.3 Å². The zero-order valence-electron chi connectivity index (χ0n) is 20.7. The molecule has 0 saturated carbocycles. The topological polar surface area (TPSA) is 114 Å². The van der Waals surface area contributed by atoms with E-state index in [-0.39, 0.29) is 17.8 Å². The van der Waals surface area contributed by atoms with E-state index in [9.17, 15) is 19.5 Å². The van der Waals surface area contributed by atoms with Crippen molar-refractivity contribution in [2.24, 2.45) is 5.92 Å². The van der Waals surface area contributed by atoms with E-state index < -0.39 is 27.9 Å². The number of cyclic esters (lactones) is 1. The summed E-state index contributed by atoms with van der Waals surface area (Å²) >= 11 is 7.50. The molecule has 0 aromatic carbocycles. The van der Waals surface area contributed by atoms with Crippen LogP contribution in [0.25, 0.3) is 0 Å². The van der Waals surface area contributed by atoms with E-state index in [0.717, 1.165) is 5.57 Å². The van der Waals surface area contributed by atoms with Crippen molar-refractivity contribution in [3.63, 3.8) is 0 Å². The molecule has 36 heavy (non-hydrogen) atoms. The largest absolute Gasteiger partial charge is 0.490 e. The number of alkyl halides is 1. The van der Waals surface area contributed by atoms with Crippen LogP contribution < -0.4 is 10.6 Å². The minimum atomic E-state index is -0.821. The number of hydrogen-bond donors (Lipinski definition) is 3. The number of ether oxygens (including phenoxy) is 2. The molecular weight excluding hydrogens is 599 g/mol. The van der Waals surface area contributed by atoms with Gasteiger partial charge in [0, 0.05) is 17.4 Å². The second-order valence-electron chi connectivity index (χ2n) is 7.99. The Morgan fingerprint density at radius 3 is 2.75 bits per heavy atom. The molecule has 0 fully saturated rings. The fourth-order valence-electron chi connectivity index (χ4n) is 2.95. The SMILES string of the molecule is COC1=CC[C@@H]([C@@H](C)/C=C(C)/C=C\C#CC(=O)N[C@@H](I)C(=O)N/C=C\C[C@@H](O)C/C=C(\C)Cl)OC1=O. The number of methoxy groups -OCH3 is 1. The van der Waals surface area contributed by atoms with Gasteiger partial charge < -0.3 is 25.2 Å². The van der Waals surface area contributed by atoms with Gasteiger partial charge in [0.25, 0.3) is 11.8 Å². The summed E-state index contributed by atoms with van der Waals surface area (Å²) in [7, 11) is 1.43. The van der Waals surface area contributed by atoms with Gasteiger partial charge in [0.1, 0.15) is 6.10 Å². The van der Waals surface area contributed by atoms with Crippen LogP contribution >= 0.6 is 34.2 Å². The molecule has 8 nitrogen and oxygen atoms in total. The minimum absolute atomic E-state index is 0.0215. The van der Waals surface area contributed by atoms with Crippen molar-refractivity contribution in [3.8, 4) is 11.8 Å². The Morgan fingerprint density at radius 2 is 2.11 bits per heavy atom. The number of rotatable bonds is 11. The Balaban J connectivity index is 2.45. The van der Waals surface area contributed by atoms with Gasteiger partial charge in [-0.3, -0.25) is 9.59 Å². The maximum absolute atomic E-state index is 12.1. The number of hydrogen-bond acceptors (Lipinski definition) is 6. The van der Waals surface area contributed by atoms with Gasteiger partial charge in [-0.2, -0.15) is 0 Å². The summed E-state index contributed by atoms with van der Waals surface area (Å²) in [6.45, 7) is 5.56. The third-order valence-corrected chi connectivity index (χ3v) is 5.88. The summed E-state index contributed by atoms with van der Waals surface area (Å²) in [6, 6.07) is 0. The van der Waals surface area contributed by atoms with Crippen molar-refractivity contribution in [3.05, 3.63) is 59.0 Å². The standard InChI is InChI=1S/C26H32ClIN2O6/c1-17(16-18(2)21-13-14-22(35-4)26(34)36-21)8-5-6-10-23(32)30-24(28)25(33)29-15-7-9-20(31)12-11-19(3)27/h5,7-8,11,14-16,18,20-21,24,31H,9,12-13H2,1-4H3,(H,29,33)(H,30,32)/b8-5-,15-7-,17-16+,19-11+/t18-,20+,21-,24+/m0/s1. The lowest BCUT2D eigenvalue weighted by atomic mass is 9.97. The van der Waals surface area contributed by atoms with Crippen LogP contribution in [0.5, 0.6) is 0 Å². The van der Waals surface area contributed by atoms with Gasteiger partial charge in [0.15, 0.2) is 9.81 Å². The summed E-state index contributed by atoms with van der Waals surface area (Å²) in [5, 5.41) is 15.4. The third kappa shape index (κ3) is 13.0. The minimum Gasteiger partial charge on any atom is -0.490 e. The van der Waals surface area contributed by atoms with Gasteiger partial charge in [0.2, 0.25) is 0 Å². The highest BCUT2D eigenvalue weighted by atomic mass is 127. The van der Waals surface area contributed by atoms with E-state index >= 15 is 0 Å². The quantitative estimate of drug-likeness (QED) is 0.0800. The molecule has 0 radical (unpaired) electrons. The molecule has 1 aliphatic rings. The summed E-state index contributed by atoms with van der Waals surface area (Å²) in [4.78, 5) is 35.8. The van der Waals surface area contributed by atoms with E-state index in [1.807, 2.05) is 19.9 Å². The summed E-state index contributed by atoms with van der Waals surface area (Å²) in [6.07, 6.45) is 12.2. The molecule has 0 aromatic rings. The molecule has 0 unspecified atom stereocenters. The number of nitrogens with one attached hydrogen (secondary N) is 2. The molecule has 1 heterocycles. The molecule has 1 rings (SSSR count). The van der Waals surface area contributed by atoms with Crippen LogP contribution in [0.3, 0.4) is 0 Å². The Morgan fingerprint density at radius 1 is 1.39 bits per heavy atom. The summed E-state index contributed by atoms with van der Waals surface area (Å²) < 4.78 is 9.52. The van der Waals surface area contributed by atoms with Crippen molar-refractivity contribution in [2.45, 2.75) is 56.3 Å². The molecule has 1 aliphatic heterocycles. The molecule has 0 spiro atoms. The third-order valence-electron chi connectivity index (χ3n) is 4.85. The van der Waals surface area contributed by atoms with E-state index in [1.165, 1.54) is 19.4 Å². The average Bonchev–Trinajstić information content (AvgIpc) is 2.82. The van der Waals surface area contributed by atoms with Crippen LogP contribution in [0.2, 0.25) is 0 Å². The summed E-state index contributed by atoms with van der Waals surface area (Å²) in [5.74, 6) is 3.75. The fraction of sp³-hybridized carbons (Fsp3) is 0.423. The number of esters is 1. The molecule has 196 valence electrons. The van der Waals surface area contributed by atoms with Crippen LogP contribution in [0, 0.1) is 17.8 Å². The van der Waals surface area contributed by atoms with Crippen LogP contribution in [-0.4, -0.2) is 46.3 Å². The van der Waals surface area contributed by atoms with Gasteiger partial charge in [0.05, 0.1) is 13.2 Å². The predicted molar refractivity (Wildman–Crippen MR) is 148 cm³/mol. The van der Waals surface area contributed by atoms with Crippen LogP contribution in [-0.2, 0) is 23.9 Å². The fourth-order valence-corrected chi connectivity index (χ4v) is 3.50. The maximum Gasteiger partial charge on any atom is 0.373 e. The number of amides is 2. The van der Waals surface area contributed by atoms with Crippen LogP contribution in [0.15, 0.2) is 59.0 Å². The predicted octanol–water partition coefficient (Wildman–Crippen LogP) is 3.77. The van der Waals surface area contributed by atoms with Gasteiger partial charge in [-0.05, 0) is 73.6 Å². The van der Waals surface area contributed by atoms with Gasteiger partial charge in [-0.1, -0.05) is 54.3 Å². The first-order valence-electron chi connectivity index (χ1n) is 11.2. The second kappa shape index (κ2) is 17.0. The Labute approximate surface area is 231 Å². The average molecular weight is 631 g/mol. The lowest BCUT2D eigenvalue weighted by Gasteiger charge is -2.25. The highest BCUT2D eigenvalue weighted by molar-refractivity contribution is 14.1. The van der Waals surface area contributed by atoms with E-state index in [4.69, 9.17) is 21.1 Å². The second-order valence-corrected chi connectivity index (χ2v) is 9.83. The zero-order valence-corrected chi connectivity index (χ0v) is 23.6. The number of carbonyl (C=O) groups is 3. The van der Waals surface area contributed by atoms with Crippen molar-refractivity contribution in [1.82, 2.24) is 10.6 Å². The Kier molecular flexibility index (Phi) is 14.9. The number of aliphatic hydroxyl groups is 1. The van der Waals surface area contributed by atoms with Crippen molar-refractivity contribution < 1.29 is 29.0 Å². The number of carbonyl (C=O) groups excluding carboxylic acids is 3. The highest BCUT2D eigenvalue weighted by Crippen LogP contribution is 2.22. The number of aliphatic hydroxyl groups excluding tert-OH is 1. The molecule has 3 N–H and O–H groups in total. The number of allylic oxidation sites excluding steroid dienone is 4.